The van der Waals surface area contributed by atoms with E-state index in [-0.39, 0.29) is 55.3 Å². The molecule has 4 amide bonds. The molecule has 2 saturated heterocycles. The SMILES string of the molecule is CC1CC1(CN1CC(=O)NC(=O)C1)N1CC(=O)NC(=O)C1. The highest BCUT2D eigenvalue weighted by atomic mass is 16.2. The second kappa shape index (κ2) is 4.88. The lowest BCUT2D eigenvalue weighted by Gasteiger charge is -2.38. The summed E-state index contributed by atoms with van der Waals surface area (Å²) in [4.78, 5) is 49.7. The lowest BCUT2D eigenvalue weighted by molar-refractivity contribution is -0.141. The number of hydrogen-bond donors (Lipinski definition) is 2. The fourth-order valence-electron chi connectivity index (χ4n) is 3.38. The maximum absolute atomic E-state index is 11.6. The zero-order valence-corrected chi connectivity index (χ0v) is 11.8. The van der Waals surface area contributed by atoms with Crippen LogP contribution in [0, 0.1) is 5.92 Å². The highest BCUT2D eigenvalue weighted by molar-refractivity contribution is 6.00. The minimum absolute atomic E-state index is 0.175. The van der Waals surface area contributed by atoms with Gasteiger partial charge in [-0.2, -0.15) is 0 Å². The molecule has 1 aliphatic carbocycles. The largest absolute Gasteiger partial charge is 0.294 e. The zero-order valence-electron chi connectivity index (χ0n) is 11.8. The van der Waals surface area contributed by atoms with Crippen molar-refractivity contribution < 1.29 is 19.2 Å². The van der Waals surface area contributed by atoms with Crippen LogP contribution in [-0.4, -0.2) is 71.7 Å². The molecule has 3 aliphatic rings. The van der Waals surface area contributed by atoms with Crippen molar-refractivity contribution in [1.29, 1.82) is 0 Å². The van der Waals surface area contributed by atoms with Gasteiger partial charge in [0, 0.05) is 12.1 Å². The van der Waals surface area contributed by atoms with Crippen LogP contribution in [0.4, 0.5) is 0 Å². The molecule has 2 heterocycles. The number of carbonyl (C=O) groups is 4. The highest BCUT2D eigenvalue weighted by Crippen LogP contribution is 2.49. The minimum atomic E-state index is -0.304. The van der Waals surface area contributed by atoms with E-state index < -0.39 is 0 Å². The van der Waals surface area contributed by atoms with Gasteiger partial charge in [0.25, 0.3) is 0 Å². The molecule has 21 heavy (non-hydrogen) atoms. The summed E-state index contributed by atoms with van der Waals surface area (Å²) in [7, 11) is 0. The molecule has 2 atom stereocenters. The molecule has 3 rings (SSSR count). The number of nitrogens with one attached hydrogen (secondary N) is 2. The van der Waals surface area contributed by atoms with Crippen LogP contribution in [0.2, 0.25) is 0 Å². The van der Waals surface area contributed by atoms with Crippen LogP contribution in [0.25, 0.3) is 0 Å². The predicted octanol–water partition coefficient (Wildman–Crippen LogP) is -2.32. The van der Waals surface area contributed by atoms with E-state index in [1.54, 1.807) is 4.90 Å². The van der Waals surface area contributed by atoms with Crippen LogP contribution in [0.1, 0.15) is 13.3 Å². The first-order chi connectivity index (χ1) is 9.89. The van der Waals surface area contributed by atoms with Crippen LogP contribution in [-0.2, 0) is 19.2 Å². The molecule has 8 heteroatoms. The molecule has 1 saturated carbocycles. The Kier molecular flexibility index (Phi) is 3.29. The van der Waals surface area contributed by atoms with E-state index in [0.717, 1.165) is 6.42 Å². The highest BCUT2D eigenvalue weighted by Gasteiger charge is 2.57. The molecule has 0 radical (unpaired) electrons. The fraction of sp³-hybridized carbons (Fsp3) is 0.692. The van der Waals surface area contributed by atoms with E-state index in [0.29, 0.717) is 12.5 Å². The smallest absolute Gasteiger partial charge is 0.240 e. The summed E-state index contributed by atoms with van der Waals surface area (Å²) in [6.07, 6.45) is 0.861. The number of carbonyl (C=O) groups excluding carboxylic acids is 4. The van der Waals surface area contributed by atoms with E-state index in [9.17, 15) is 19.2 Å². The summed E-state index contributed by atoms with van der Waals surface area (Å²) in [5, 5.41) is 4.56. The van der Waals surface area contributed by atoms with Crippen LogP contribution < -0.4 is 10.6 Å². The van der Waals surface area contributed by atoms with Crippen molar-refractivity contribution in [3.63, 3.8) is 0 Å². The topological polar surface area (TPSA) is 98.8 Å². The average molecular weight is 294 g/mol. The van der Waals surface area contributed by atoms with Gasteiger partial charge in [0.1, 0.15) is 0 Å². The number of imide groups is 2. The summed E-state index contributed by atoms with van der Waals surface area (Å²) in [5.74, 6) is -0.866. The molecule has 2 unspecified atom stereocenters. The summed E-state index contributed by atoms with van der Waals surface area (Å²) >= 11 is 0. The van der Waals surface area contributed by atoms with Crippen molar-refractivity contribution in [3.8, 4) is 0 Å². The van der Waals surface area contributed by atoms with Crippen LogP contribution >= 0.6 is 0 Å². The summed E-state index contributed by atoms with van der Waals surface area (Å²) < 4.78 is 0. The number of piperazine rings is 2. The van der Waals surface area contributed by atoms with Crippen LogP contribution in [0.15, 0.2) is 0 Å². The average Bonchev–Trinajstić information content (AvgIpc) is 2.98. The molecule has 0 aromatic carbocycles. The van der Waals surface area contributed by atoms with E-state index in [4.69, 9.17) is 0 Å². The van der Waals surface area contributed by atoms with Gasteiger partial charge in [-0.1, -0.05) is 6.92 Å². The normalized spacial score (nSPS) is 34.6. The second-order valence-electron chi connectivity index (χ2n) is 6.15. The van der Waals surface area contributed by atoms with Gasteiger partial charge in [0.05, 0.1) is 26.2 Å². The predicted molar refractivity (Wildman–Crippen MR) is 70.8 cm³/mol. The summed E-state index contributed by atoms with van der Waals surface area (Å²) in [5.41, 5.74) is -0.286. The maximum atomic E-state index is 11.6. The first-order valence-electron chi connectivity index (χ1n) is 7.02. The standard InChI is InChI=1S/C13H18N4O4/c1-8-2-13(8,17-5-11(20)15-12(21)6-17)7-16-3-9(18)14-10(19)4-16/h8H,2-7H2,1H3,(H,14,18,19)(H,15,20,21). The molecule has 0 bridgehead atoms. The number of nitrogens with zero attached hydrogens (tertiary/aromatic N) is 2. The van der Waals surface area contributed by atoms with Gasteiger partial charge in [0.2, 0.25) is 23.6 Å². The number of hydrogen-bond acceptors (Lipinski definition) is 6. The first kappa shape index (κ1) is 14.2. The van der Waals surface area contributed by atoms with Gasteiger partial charge in [-0.15, -0.1) is 0 Å². The van der Waals surface area contributed by atoms with E-state index >= 15 is 0 Å². The molecular weight excluding hydrogens is 276 g/mol. The second-order valence-corrected chi connectivity index (χ2v) is 6.15. The van der Waals surface area contributed by atoms with Gasteiger partial charge >= 0.3 is 0 Å². The third-order valence-corrected chi connectivity index (χ3v) is 4.51. The molecular formula is C13H18N4O4. The third-order valence-electron chi connectivity index (χ3n) is 4.51. The van der Waals surface area contributed by atoms with Crippen molar-refractivity contribution in [2.24, 2.45) is 5.92 Å². The monoisotopic (exact) mass is 294 g/mol. The Bertz CT molecular complexity index is 502. The van der Waals surface area contributed by atoms with Crippen molar-refractivity contribution in [1.82, 2.24) is 20.4 Å². The summed E-state index contributed by atoms with van der Waals surface area (Å²) in [6.45, 7) is 3.30. The Morgan fingerprint density at radius 3 is 1.81 bits per heavy atom. The van der Waals surface area contributed by atoms with Crippen molar-refractivity contribution in [3.05, 3.63) is 0 Å². The van der Waals surface area contributed by atoms with Gasteiger partial charge in [-0.3, -0.25) is 39.6 Å². The van der Waals surface area contributed by atoms with Crippen LogP contribution in [0.5, 0.6) is 0 Å². The van der Waals surface area contributed by atoms with E-state index in [1.165, 1.54) is 0 Å². The zero-order chi connectivity index (χ0) is 15.2. The number of rotatable bonds is 3. The minimum Gasteiger partial charge on any atom is -0.294 e. The molecule has 3 fully saturated rings. The molecule has 8 nitrogen and oxygen atoms in total. The van der Waals surface area contributed by atoms with Gasteiger partial charge in [-0.25, -0.2) is 0 Å². The quantitative estimate of drug-likeness (QED) is 0.567. The van der Waals surface area contributed by atoms with E-state index in [1.807, 2.05) is 4.90 Å². The van der Waals surface area contributed by atoms with Crippen molar-refractivity contribution in [2.75, 3.05) is 32.7 Å². The van der Waals surface area contributed by atoms with Gasteiger partial charge < -0.3 is 0 Å². The third kappa shape index (κ3) is 2.68. The van der Waals surface area contributed by atoms with Crippen LogP contribution in [0.3, 0.4) is 0 Å². The Balaban J connectivity index is 1.72. The van der Waals surface area contributed by atoms with E-state index in [2.05, 4.69) is 17.6 Å². The Hall–Kier alpha value is -1.80. The Morgan fingerprint density at radius 2 is 1.38 bits per heavy atom. The lowest BCUT2D eigenvalue weighted by Crippen LogP contribution is -2.61. The summed E-state index contributed by atoms with van der Waals surface area (Å²) in [6, 6.07) is 0. The van der Waals surface area contributed by atoms with Crippen molar-refractivity contribution >= 4 is 23.6 Å². The fourth-order valence-corrected chi connectivity index (χ4v) is 3.38. The molecule has 2 aliphatic heterocycles. The van der Waals surface area contributed by atoms with Crippen molar-refractivity contribution in [2.45, 2.75) is 18.9 Å². The molecule has 0 spiro atoms. The first-order valence-corrected chi connectivity index (χ1v) is 7.02. The Labute approximate surface area is 121 Å². The Morgan fingerprint density at radius 1 is 0.952 bits per heavy atom. The number of amides is 4. The molecule has 2 N–H and O–H groups in total. The molecule has 114 valence electrons. The molecule has 0 aromatic heterocycles. The maximum Gasteiger partial charge on any atom is 0.240 e. The lowest BCUT2D eigenvalue weighted by atomic mass is 10.1. The van der Waals surface area contributed by atoms with Gasteiger partial charge in [0.15, 0.2) is 0 Å². The molecule has 0 aromatic rings. The van der Waals surface area contributed by atoms with Gasteiger partial charge in [-0.05, 0) is 12.3 Å².